The molecular formula is C16H20BrN3O2. The zero-order valence-electron chi connectivity index (χ0n) is 13.0. The second kappa shape index (κ2) is 4.98. The van der Waals surface area contributed by atoms with Gasteiger partial charge >= 0.3 is 6.09 Å². The van der Waals surface area contributed by atoms with Gasteiger partial charge in [-0.15, -0.1) is 0 Å². The fourth-order valence-corrected chi connectivity index (χ4v) is 4.00. The smallest absolute Gasteiger partial charge is 0.408 e. The van der Waals surface area contributed by atoms with Crippen LogP contribution in [0.3, 0.4) is 0 Å². The summed E-state index contributed by atoms with van der Waals surface area (Å²) < 4.78 is 0.974. The third-order valence-electron chi connectivity index (χ3n) is 4.69. The molecule has 1 aromatic carbocycles. The monoisotopic (exact) mass is 365 g/mol. The third-order valence-corrected chi connectivity index (χ3v) is 5.18. The number of hydrogen-bond donors (Lipinski definition) is 2. The van der Waals surface area contributed by atoms with E-state index in [0.29, 0.717) is 6.54 Å². The van der Waals surface area contributed by atoms with Crippen LogP contribution >= 0.6 is 15.9 Å². The second-order valence-electron chi connectivity index (χ2n) is 6.89. The molecule has 1 amide bonds. The lowest BCUT2D eigenvalue weighted by Crippen LogP contribution is -2.53. The van der Waals surface area contributed by atoms with Gasteiger partial charge in [0, 0.05) is 11.0 Å². The minimum absolute atomic E-state index is 0.257. The molecule has 2 aromatic rings. The summed E-state index contributed by atoms with van der Waals surface area (Å²) in [4.78, 5) is 21.4. The molecule has 1 atom stereocenters. The summed E-state index contributed by atoms with van der Waals surface area (Å²) in [5.41, 5.74) is 0.904. The van der Waals surface area contributed by atoms with Crippen molar-refractivity contribution in [1.29, 1.82) is 0 Å². The van der Waals surface area contributed by atoms with E-state index in [9.17, 15) is 9.90 Å². The summed E-state index contributed by atoms with van der Waals surface area (Å²) >= 11 is 3.46. The van der Waals surface area contributed by atoms with E-state index in [-0.39, 0.29) is 5.41 Å². The standard InChI is InChI=1S/C16H20BrN3O2/c1-15(2,3)16(7-4-8-20(16)14(21)22)13-18-11-6-5-10(17)9-12(11)19-13/h5-6,9H,4,7-8H2,1-3H3,(H,18,19)(H,21,22)/t16-/m1/s1. The summed E-state index contributed by atoms with van der Waals surface area (Å²) in [5.74, 6) is 0.744. The molecule has 1 aliphatic heterocycles. The predicted octanol–water partition coefficient (Wildman–Crippen LogP) is 4.34. The van der Waals surface area contributed by atoms with Gasteiger partial charge in [-0.25, -0.2) is 9.78 Å². The van der Waals surface area contributed by atoms with Crippen LogP contribution in [-0.2, 0) is 5.54 Å². The Labute approximate surface area is 137 Å². The van der Waals surface area contributed by atoms with Crippen LogP contribution in [0.25, 0.3) is 11.0 Å². The van der Waals surface area contributed by atoms with Crippen LogP contribution < -0.4 is 0 Å². The van der Waals surface area contributed by atoms with Gasteiger partial charge in [-0.1, -0.05) is 36.7 Å². The topological polar surface area (TPSA) is 69.2 Å². The van der Waals surface area contributed by atoms with Gasteiger partial charge in [0.25, 0.3) is 0 Å². The van der Waals surface area contributed by atoms with Gasteiger partial charge < -0.3 is 10.1 Å². The maximum atomic E-state index is 11.8. The van der Waals surface area contributed by atoms with E-state index in [1.807, 2.05) is 18.2 Å². The normalized spacial score (nSPS) is 22.5. The number of aromatic amines is 1. The molecule has 1 fully saturated rings. The Morgan fingerprint density at radius 1 is 1.45 bits per heavy atom. The van der Waals surface area contributed by atoms with Crippen LogP contribution in [0.4, 0.5) is 4.79 Å². The minimum atomic E-state index is -0.880. The number of amides is 1. The maximum absolute atomic E-state index is 11.8. The number of halogens is 1. The second-order valence-corrected chi connectivity index (χ2v) is 7.81. The molecule has 0 aliphatic carbocycles. The molecule has 0 bridgehead atoms. The first kappa shape index (κ1) is 15.3. The van der Waals surface area contributed by atoms with Crippen LogP contribution in [0.2, 0.25) is 0 Å². The van der Waals surface area contributed by atoms with E-state index in [0.717, 1.165) is 34.2 Å². The van der Waals surface area contributed by atoms with Crippen LogP contribution in [0.5, 0.6) is 0 Å². The van der Waals surface area contributed by atoms with Crippen molar-refractivity contribution < 1.29 is 9.90 Å². The number of imidazole rings is 1. The van der Waals surface area contributed by atoms with E-state index in [1.54, 1.807) is 4.90 Å². The van der Waals surface area contributed by atoms with Crippen molar-refractivity contribution in [2.45, 2.75) is 39.2 Å². The predicted molar refractivity (Wildman–Crippen MR) is 88.9 cm³/mol. The maximum Gasteiger partial charge on any atom is 0.408 e. The highest BCUT2D eigenvalue weighted by molar-refractivity contribution is 9.10. The van der Waals surface area contributed by atoms with Gasteiger partial charge in [0.05, 0.1) is 11.0 Å². The van der Waals surface area contributed by atoms with Crippen molar-refractivity contribution in [3.63, 3.8) is 0 Å². The summed E-state index contributed by atoms with van der Waals surface area (Å²) in [6.07, 6.45) is 0.753. The zero-order valence-corrected chi connectivity index (χ0v) is 14.6. The molecule has 0 spiro atoms. The Kier molecular flexibility index (Phi) is 3.47. The Hall–Kier alpha value is -1.56. The molecule has 1 aliphatic rings. The van der Waals surface area contributed by atoms with Gasteiger partial charge in [0.2, 0.25) is 0 Å². The average Bonchev–Trinajstić information content (AvgIpc) is 3.00. The van der Waals surface area contributed by atoms with Gasteiger partial charge in [-0.05, 0) is 36.5 Å². The number of nitrogens with one attached hydrogen (secondary N) is 1. The fraction of sp³-hybridized carbons (Fsp3) is 0.500. The summed E-state index contributed by atoms with van der Waals surface area (Å²) in [6.45, 7) is 6.79. The van der Waals surface area contributed by atoms with E-state index < -0.39 is 11.6 Å². The van der Waals surface area contributed by atoms with Gasteiger partial charge in [-0.3, -0.25) is 4.90 Å². The van der Waals surface area contributed by atoms with E-state index in [1.165, 1.54) is 0 Å². The summed E-state index contributed by atoms with van der Waals surface area (Å²) in [7, 11) is 0. The molecule has 5 nitrogen and oxygen atoms in total. The molecule has 3 rings (SSSR count). The van der Waals surface area contributed by atoms with Crippen molar-refractivity contribution >= 4 is 33.1 Å². The Morgan fingerprint density at radius 2 is 2.18 bits per heavy atom. The molecular weight excluding hydrogens is 346 g/mol. The molecule has 2 heterocycles. The molecule has 2 N–H and O–H groups in total. The van der Waals surface area contributed by atoms with E-state index in [2.05, 4.69) is 41.7 Å². The highest BCUT2D eigenvalue weighted by Crippen LogP contribution is 2.50. The molecule has 22 heavy (non-hydrogen) atoms. The fourth-order valence-electron chi connectivity index (χ4n) is 3.64. The van der Waals surface area contributed by atoms with Crippen LogP contribution in [0, 0.1) is 5.41 Å². The Morgan fingerprint density at radius 3 is 2.82 bits per heavy atom. The number of fused-ring (bicyclic) bond motifs is 1. The number of benzene rings is 1. The summed E-state index contributed by atoms with van der Waals surface area (Å²) in [6, 6.07) is 5.86. The number of carbonyl (C=O) groups is 1. The molecule has 0 unspecified atom stereocenters. The van der Waals surface area contributed by atoms with Gasteiger partial charge in [-0.2, -0.15) is 0 Å². The van der Waals surface area contributed by atoms with Crippen LogP contribution in [-0.4, -0.2) is 32.6 Å². The van der Waals surface area contributed by atoms with Gasteiger partial charge in [0.1, 0.15) is 11.4 Å². The van der Waals surface area contributed by atoms with Crippen molar-refractivity contribution in [3.05, 3.63) is 28.5 Å². The van der Waals surface area contributed by atoms with E-state index in [4.69, 9.17) is 4.98 Å². The number of aromatic nitrogens is 2. The van der Waals surface area contributed by atoms with E-state index >= 15 is 0 Å². The van der Waals surface area contributed by atoms with Crippen molar-refractivity contribution in [1.82, 2.24) is 14.9 Å². The lowest BCUT2D eigenvalue weighted by Gasteiger charge is -2.45. The highest BCUT2D eigenvalue weighted by atomic mass is 79.9. The number of H-pyrrole nitrogens is 1. The highest BCUT2D eigenvalue weighted by Gasteiger charge is 2.55. The Bertz CT molecular complexity index is 735. The number of nitrogens with zero attached hydrogens (tertiary/aromatic N) is 2. The molecule has 0 saturated carbocycles. The van der Waals surface area contributed by atoms with Crippen LogP contribution in [0.1, 0.15) is 39.4 Å². The zero-order chi connectivity index (χ0) is 16.1. The molecule has 6 heteroatoms. The quantitative estimate of drug-likeness (QED) is 0.789. The van der Waals surface area contributed by atoms with Crippen LogP contribution in [0.15, 0.2) is 22.7 Å². The van der Waals surface area contributed by atoms with Crippen molar-refractivity contribution in [2.75, 3.05) is 6.54 Å². The van der Waals surface area contributed by atoms with Crippen molar-refractivity contribution in [3.8, 4) is 0 Å². The average molecular weight is 366 g/mol. The SMILES string of the molecule is CC(C)(C)[C@]1(c2nc3ccc(Br)cc3[nH]2)CCCN1C(=O)O. The number of likely N-dealkylation sites (tertiary alicyclic amines) is 1. The lowest BCUT2D eigenvalue weighted by molar-refractivity contribution is 0.0219. The molecule has 1 saturated heterocycles. The van der Waals surface area contributed by atoms with Crippen molar-refractivity contribution in [2.24, 2.45) is 5.41 Å². The number of carboxylic acid groups (broad SMARTS) is 1. The Balaban J connectivity index is 2.23. The molecule has 0 radical (unpaired) electrons. The summed E-state index contributed by atoms with van der Waals surface area (Å²) in [5, 5.41) is 9.67. The minimum Gasteiger partial charge on any atom is -0.465 e. The third kappa shape index (κ3) is 2.12. The number of rotatable bonds is 1. The molecule has 118 valence electrons. The van der Waals surface area contributed by atoms with Gasteiger partial charge in [0.15, 0.2) is 0 Å². The first-order valence-electron chi connectivity index (χ1n) is 7.42. The first-order valence-corrected chi connectivity index (χ1v) is 8.21. The number of hydrogen-bond acceptors (Lipinski definition) is 2. The first-order chi connectivity index (χ1) is 10.3. The largest absolute Gasteiger partial charge is 0.465 e. The molecule has 1 aromatic heterocycles. The lowest BCUT2D eigenvalue weighted by atomic mass is 9.71.